The van der Waals surface area contributed by atoms with E-state index in [1.54, 1.807) is 12.1 Å². The summed E-state index contributed by atoms with van der Waals surface area (Å²) in [5.74, 6) is -0.222. The van der Waals surface area contributed by atoms with Crippen molar-refractivity contribution in [2.24, 2.45) is 10.9 Å². The molecular weight excluding hydrogens is 196 g/mol. The summed E-state index contributed by atoms with van der Waals surface area (Å²) < 4.78 is 0. The first kappa shape index (κ1) is 11.1. The first-order valence-corrected chi connectivity index (χ1v) is 4.39. The number of nitrogens with two attached hydrogens (primary N) is 1. The topological polar surface area (TPSA) is 101 Å². The predicted molar refractivity (Wildman–Crippen MR) is 55.0 cm³/mol. The van der Waals surface area contributed by atoms with Gasteiger partial charge in [-0.3, -0.25) is 9.78 Å². The van der Waals surface area contributed by atoms with Crippen LogP contribution in [-0.4, -0.2) is 35.4 Å². The van der Waals surface area contributed by atoms with Crippen molar-refractivity contribution in [2.45, 2.75) is 0 Å². The molecule has 0 radical (unpaired) electrons. The SMILES string of the molecule is NCCNC(=O)c1ccc(/C=N/O)nc1. The number of pyridine rings is 1. The Bertz CT molecular complexity index is 348. The van der Waals surface area contributed by atoms with Gasteiger partial charge < -0.3 is 16.3 Å². The van der Waals surface area contributed by atoms with Crippen LogP contribution in [0.25, 0.3) is 0 Å². The summed E-state index contributed by atoms with van der Waals surface area (Å²) in [6, 6.07) is 3.17. The van der Waals surface area contributed by atoms with E-state index in [1.165, 1.54) is 12.4 Å². The van der Waals surface area contributed by atoms with Crippen molar-refractivity contribution in [3.63, 3.8) is 0 Å². The summed E-state index contributed by atoms with van der Waals surface area (Å²) in [6.45, 7) is 0.826. The number of nitrogens with one attached hydrogen (secondary N) is 1. The number of amides is 1. The van der Waals surface area contributed by atoms with E-state index < -0.39 is 0 Å². The second kappa shape index (κ2) is 5.71. The minimum absolute atomic E-state index is 0.222. The Labute approximate surface area is 86.8 Å². The van der Waals surface area contributed by atoms with E-state index in [1.807, 2.05) is 0 Å². The van der Waals surface area contributed by atoms with Gasteiger partial charge in [0, 0.05) is 19.3 Å². The second-order valence-corrected chi connectivity index (χ2v) is 2.76. The van der Waals surface area contributed by atoms with Crippen molar-refractivity contribution in [2.75, 3.05) is 13.1 Å². The Hall–Kier alpha value is -1.95. The number of aromatic nitrogens is 1. The molecule has 4 N–H and O–H groups in total. The summed E-state index contributed by atoms with van der Waals surface area (Å²) in [5, 5.41) is 13.7. The molecule has 0 aromatic carbocycles. The molecule has 80 valence electrons. The zero-order valence-electron chi connectivity index (χ0n) is 8.05. The zero-order valence-corrected chi connectivity index (χ0v) is 8.05. The van der Waals surface area contributed by atoms with Crippen LogP contribution in [0.5, 0.6) is 0 Å². The van der Waals surface area contributed by atoms with Crippen LogP contribution >= 0.6 is 0 Å². The fourth-order valence-electron chi connectivity index (χ4n) is 0.963. The second-order valence-electron chi connectivity index (χ2n) is 2.76. The third-order valence-corrected chi connectivity index (χ3v) is 1.67. The first-order valence-electron chi connectivity index (χ1n) is 4.39. The number of hydrogen-bond donors (Lipinski definition) is 3. The van der Waals surface area contributed by atoms with Crippen molar-refractivity contribution in [3.05, 3.63) is 29.6 Å². The Kier molecular flexibility index (Phi) is 4.24. The average molecular weight is 208 g/mol. The molecule has 15 heavy (non-hydrogen) atoms. The summed E-state index contributed by atoms with van der Waals surface area (Å²) in [5.41, 5.74) is 6.17. The normalized spacial score (nSPS) is 10.5. The average Bonchev–Trinajstić information content (AvgIpc) is 2.27. The maximum atomic E-state index is 11.4. The summed E-state index contributed by atoms with van der Waals surface area (Å²) in [6.07, 6.45) is 2.59. The van der Waals surface area contributed by atoms with Crippen LogP contribution in [0, 0.1) is 0 Å². The van der Waals surface area contributed by atoms with Crippen LogP contribution < -0.4 is 11.1 Å². The third-order valence-electron chi connectivity index (χ3n) is 1.67. The van der Waals surface area contributed by atoms with Crippen molar-refractivity contribution >= 4 is 12.1 Å². The minimum Gasteiger partial charge on any atom is -0.411 e. The molecule has 0 fully saturated rings. The van der Waals surface area contributed by atoms with Gasteiger partial charge >= 0.3 is 0 Å². The number of carbonyl (C=O) groups is 1. The van der Waals surface area contributed by atoms with E-state index in [9.17, 15) is 4.79 Å². The maximum Gasteiger partial charge on any atom is 0.252 e. The molecule has 0 spiro atoms. The van der Waals surface area contributed by atoms with Gasteiger partial charge in [0.05, 0.1) is 17.5 Å². The lowest BCUT2D eigenvalue weighted by atomic mass is 10.2. The molecular formula is C9H12N4O2. The Morgan fingerprint density at radius 1 is 1.67 bits per heavy atom. The highest BCUT2D eigenvalue weighted by atomic mass is 16.4. The number of carbonyl (C=O) groups excluding carboxylic acids is 1. The van der Waals surface area contributed by atoms with Crippen molar-refractivity contribution in [1.29, 1.82) is 0 Å². The van der Waals surface area contributed by atoms with Gasteiger partial charge in [-0.1, -0.05) is 5.16 Å². The molecule has 0 atom stereocenters. The van der Waals surface area contributed by atoms with Gasteiger partial charge in [0.25, 0.3) is 5.91 Å². The highest BCUT2D eigenvalue weighted by molar-refractivity contribution is 5.94. The van der Waals surface area contributed by atoms with Crippen LogP contribution in [0.1, 0.15) is 16.1 Å². The minimum atomic E-state index is -0.222. The molecule has 0 unspecified atom stereocenters. The van der Waals surface area contributed by atoms with Crippen LogP contribution in [0.3, 0.4) is 0 Å². The monoisotopic (exact) mass is 208 g/mol. The predicted octanol–water partition coefficient (Wildman–Crippen LogP) is -0.422. The van der Waals surface area contributed by atoms with E-state index in [0.717, 1.165) is 0 Å². The van der Waals surface area contributed by atoms with Gasteiger partial charge in [0.2, 0.25) is 0 Å². The van der Waals surface area contributed by atoms with Gasteiger partial charge in [0.15, 0.2) is 0 Å². The molecule has 0 bridgehead atoms. The molecule has 1 aromatic rings. The molecule has 0 aliphatic rings. The van der Waals surface area contributed by atoms with E-state index in [-0.39, 0.29) is 5.91 Å². The smallest absolute Gasteiger partial charge is 0.252 e. The van der Waals surface area contributed by atoms with Gasteiger partial charge in [-0.05, 0) is 12.1 Å². The number of oxime groups is 1. The van der Waals surface area contributed by atoms with Gasteiger partial charge in [-0.2, -0.15) is 0 Å². The van der Waals surface area contributed by atoms with Gasteiger partial charge in [-0.25, -0.2) is 0 Å². The van der Waals surface area contributed by atoms with E-state index in [0.29, 0.717) is 24.3 Å². The van der Waals surface area contributed by atoms with Crippen LogP contribution in [0.2, 0.25) is 0 Å². The van der Waals surface area contributed by atoms with Crippen LogP contribution in [0.15, 0.2) is 23.5 Å². The highest BCUT2D eigenvalue weighted by Crippen LogP contribution is 1.98. The lowest BCUT2D eigenvalue weighted by molar-refractivity contribution is 0.0954. The Morgan fingerprint density at radius 3 is 3.00 bits per heavy atom. The first-order chi connectivity index (χ1) is 7.27. The number of hydrogen-bond acceptors (Lipinski definition) is 5. The van der Waals surface area contributed by atoms with E-state index in [4.69, 9.17) is 10.9 Å². The standard InChI is InChI=1S/C9H12N4O2/c10-3-4-11-9(14)7-1-2-8(6-13-15)12-5-7/h1-2,5-6,15H,3-4,10H2,(H,11,14)/b13-6+. The fourth-order valence-corrected chi connectivity index (χ4v) is 0.963. The van der Waals surface area contributed by atoms with Gasteiger partial charge in [-0.15, -0.1) is 0 Å². The summed E-state index contributed by atoms with van der Waals surface area (Å²) in [4.78, 5) is 15.3. The zero-order chi connectivity index (χ0) is 11.1. The molecule has 0 saturated carbocycles. The van der Waals surface area contributed by atoms with E-state index in [2.05, 4.69) is 15.5 Å². The molecule has 1 amide bonds. The van der Waals surface area contributed by atoms with Crippen molar-refractivity contribution in [3.8, 4) is 0 Å². The largest absolute Gasteiger partial charge is 0.411 e. The molecule has 0 aliphatic carbocycles. The maximum absolute atomic E-state index is 11.4. The summed E-state index contributed by atoms with van der Waals surface area (Å²) >= 11 is 0. The quantitative estimate of drug-likeness (QED) is 0.355. The third kappa shape index (κ3) is 3.35. The van der Waals surface area contributed by atoms with Crippen molar-refractivity contribution < 1.29 is 10.0 Å². The number of rotatable bonds is 4. The molecule has 1 heterocycles. The Balaban J connectivity index is 2.66. The molecule has 1 rings (SSSR count). The van der Waals surface area contributed by atoms with E-state index >= 15 is 0 Å². The van der Waals surface area contributed by atoms with Crippen molar-refractivity contribution in [1.82, 2.24) is 10.3 Å². The summed E-state index contributed by atoms with van der Waals surface area (Å²) in [7, 11) is 0. The molecule has 1 aromatic heterocycles. The van der Waals surface area contributed by atoms with Gasteiger partial charge in [0.1, 0.15) is 0 Å². The Morgan fingerprint density at radius 2 is 2.47 bits per heavy atom. The molecule has 0 saturated heterocycles. The highest BCUT2D eigenvalue weighted by Gasteiger charge is 2.03. The lowest BCUT2D eigenvalue weighted by Crippen LogP contribution is -2.29. The molecule has 6 heteroatoms. The van der Waals surface area contributed by atoms with Crippen LogP contribution in [-0.2, 0) is 0 Å². The molecule has 0 aliphatic heterocycles. The molecule has 6 nitrogen and oxygen atoms in total. The number of nitrogens with zero attached hydrogens (tertiary/aromatic N) is 2. The lowest BCUT2D eigenvalue weighted by Gasteiger charge is -2.02. The van der Waals surface area contributed by atoms with Crippen LogP contribution in [0.4, 0.5) is 0 Å². The fraction of sp³-hybridized carbons (Fsp3) is 0.222.